The second kappa shape index (κ2) is 4.98. The maximum Gasteiger partial charge on any atom is 0.122 e. The van der Waals surface area contributed by atoms with Crippen molar-refractivity contribution >= 4 is 0 Å². The van der Waals surface area contributed by atoms with Gasteiger partial charge in [-0.3, -0.25) is 0 Å². The molecule has 10 heavy (non-hydrogen) atoms. The zero-order valence-electron chi connectivity index (χ0n) is 6.69. The zero-order chi connectivity index (χ0) is 7.98. The van der Waals surface area contributed by atoms with E-state index >= 15 is 0 Å². The molecule has 0 aromatic carbocycles. The van der Waals surface area contributed by atoms with Crippen LogP contribution in [0.3, 0.4) is 0 Å². The minimum atomic E-state index is -0.205. The quantitative estimate of drug-likeness (QED) is 0.516. The van der Waals surface area contributed by atoms with Crippen molar-refractivity contribution in [2.24, 2.45) is 0 Å². The van der Waals surface area contributed by atoms with Crippen LogP contribution in [-0.4, -0.2) is 0 Å². The SMILES string of the molecule is C/C=C/C(F)=C\C=C(C)C. The predicted octanol–water partition coefficient (Wildman–Crippen LogP) is 3.38. The van der Waals surface area contributed by atoms with Gasteiger partial charge in [0.05, 0.1) is 0 Å². The number of allylic oxidation sites excluding steroid dienone is 6. The Hall–Kier alpha value is -0.850. The number of hydrogen-bond acceptors (Lipinski definition) is 0. The minimum Gasteiger partial charge on any atom is -0.207 e. The van der Waals surface area contributed by atoms with Crippen molar-refractivity contribution in [1.82, 2.24) is 0 Å². The molecule has 0 rings (SSSR count). The molecule has 56 valence electrons. The maximum atomic E-state index is 12.5. The standard InChI is InChI=1S/C9H13F/c1-4-5-9(10)7-6-8(2)3/h4-7H,1-3H3/b5-4+,9-7+. The van der Waals surface area contributed by atoms with Crippen molar-refractivity contribution in [3.8, 4) is 0 Å². The van der Waals surface area contributed by atoms with Gasteiger partial charge in [-0.15, -0.1) is 0 Å². The van der Waals surface area contributed by atoms with Crippen LogP contribution in [0.5, 0.6) is 0 Å². The van der Waals surface area contributed by atoms with Gasteiger partial charge in [0, 0.05) is 0 Å². The molecular weight excluding hydrogens is 127 g/mol. The van der Waals surface area contributed by atoms with E-state index in [1.54, 1.807) is 19.1 Å². The fourth-order valence-electron chi connectivity index (χ4n) is 0.461. The van der Waals surface area contributed by atoms with E-state index in [1.807, 2.05) is 13.8 Å². The van der Waals surface area contributed by atoms with Gasteiger partial charge in [-0.25, -0.2) is 4.39 Å². The van der Waals surface area contributed by atoms with Crippen LogP contribution in [-0.2, 0) is 0 Å². The van der Waals surface area contributed by atoms with Crippen molar-refractivity contribution < 1.29 is 4.39 Å². The Morgan fingerprint density at radius 1 is 1.20 bits per heavy atom. The molecule has 0 saturated carbocycles. The van der Waals surface area contributed by atoms with Crippen molar-refractivity contribution in [3.63, 3.8) is 0 Å². The first-order valence-corrected chi connectivity index (χ1v) is 3.30. The fourth-order valence-corrected chi connectivity index (χ4v) is 0.461. The number of halogens is 1. The number of hydrogen-bond donors (Lipinski definition) is 0. The van der Waals surface area contributed by atoms with E-state index in [-0.39, 0.29) is 5.83 Å². The molecule has 0 heterocycles. The molecule has 0 fully saturated rings. The molecule has 0 N–H and O–H groups in total. The molecule has 0 amide bonds. The highest BCUT2D eigenvalue weighted by atomic mass is 19.1. The third-order valence-corrected chi connectivity index (χ3v) is 0.902. The topological polar surface area (TPSA) is 0 Å². The van der Waals surface area contributed by atoms with E-state index in [1.165, 1.54) is 12.2 Å². The lowest BCUT2D eigenvalue weighted by Gasteiger charge is -1.83. The molecule has 0 spiro atoms. The Kier molecular flexibility index (Phi) is 4.55. The van der Waals surface area contributed by atoms with Crippen LogP contribution in [0.15, 0.2) is 35.7 Å². The van der Waals surface area contributed by atoms with Crippen molar-refractivity contribution in [1.29, 1.82) is 0 Å². The highest BCUT2D eigenvalue weighted by Gasteiger charge is 1.81. The van der Waals surface area contributed by atoms with Gasteiger partial charge in [-0.05, 0) is 32.9 Å². The van der Waals surface area contributed by atoms with Crippen LogP contribution in [0.25, 0.3) is 0 Å². The minimum absolute atomic E-state index is 0.205. The van der Waals surface area contributed by atoms with Gasteiger partial charge >= 0.3 is 0 Å². The molecule has 0 aliphatic carbocycles. The van der Waals surface area contributed by atoms with Gasteiger partial charge in [0.15, 0.2) is 0 Å². The summed E-state index contributed by atoms with van der Waals surface area (Å²) >= 11 is 0. The van der Waals surface area contributed by atoms with Crippen LogP contribution in [0.1, 0.15) is 20.8 Å². The van der Waals surface area contributed by atoms with Gasteiger partial charge in [-0.1, -0.05) is 17.7 Å². The summed E-state index contributed by atoms with van der Waals surface area (Å²) < 4.78 is 12.5. The second-order valence-electron chi connectivity index (χ2n) is 2.30. The highest BCUT2D eigenvalue weighted by molar-refractivity contribution is 5.19. The van der Waals surface area contributed by atoms with Crippen molar-refractivity contribution in [2.45, 2.75) is 20.8 Å². The Balaban J connectivity index is 4.05. The Morgan fingerprint density at radius 3 is 2.20 bits per heavy atom. The first-order chi connectivity index (χ1) is 4.66. The third-order valence-electron chi connectivity index (χ3n) is 0.902. The number of rotatable bonds is 2. The fraction of sp³-hybridized carbons (Fsp3) is 0.333. The first-order valence-electron chi connectivity index (χ1n) is 3.30. The first kappa shape index (κ1) is 9.15. The summed E-state index contributed by atoms with van der Waals surface area (Å²) in [6.45, 7) is 5.65. The van der Waals surface area contributed by atoms with E-state index in [4.69, 9.17) is 0 Å². The van der Waals surface area contributed by atoms with Gasteiger partial charge in [-0.2, -0.15) is 0 Å². The molecule has 0 saturated heterocycles. The molecule has 0 aliphatic heterocycles. The van der Waals surface area contributed by atoms with Gasteiger partial charge in [0.2, 0.25) is 0 Å². The summed E-state index contributed by atoms with van der Waals surface area (Å²) in [7, 11) is 0. The zero-order valence-corrected chi connectivity index (χ0v) is 6.69. The smallest absolute Gasteiger partial charge is 0.122 e. The van der Waals surface area contributed by atoms with E-state index in [0.29, 0.717) is 0 Å². The van der Waals surface area contributed by atoms with Crippen LogP contribution in [0.2, 0.25) is 0 Å². The van der Waals surface area contributed by atoms with Crippen LogP contribution in [0, 0.1) is 0 Å². The molecule has 0 aromatic heterocycles. The second-order valence-corrected chi connectivity index (χ2v) is 2.30. The molecule has 0 nitrogen and oxygen atoms in total. The molecule has 0 radical (unpaired) electrons. The molecule has 0 atom stereocenters. The lowest BCUT2D eigenvalue weighted by molar-refractivity contribution is 0.667. The lowest BCUT2D eigenvalue weighted by atomic mass is 10.3. The summed E-state index contributed by atoms with van der Waals surface area (Å²) in [6.07, 6.45) is 6.30. The van der Waals surface area contributed by atoms with Crippen molar-refractivity contribution in [3.05, 3.63) is 35.7 Å². The molecule has 0 aliphatic rings. The highest BCUT2D eigenvalue weighted by Crippen LogP contribution is 2.00. The van der Waals surface area contributed by atoms with Crippen molar-refractivity contribution in [2.75, 3.05) is 0 Å². The summed E-state index contributed by atoms with van der Waals surface area (Å²) in [4.78, 5) is 0. The van der Waals surface area contributed by atoms with E-state index < -0.39 is 0 Å². The van der Waals surface area contributed by atoms with Gasteiger partial charge < -0.3 is 0 Å². The molecular formula is C9H13F. The average molecular weight is 140 g/mol. The van der Waals surface area contributed by atoms with Crippen LogP contribution in [0.4, 0.5) is 4.39 Å². The van der Waals surface area contributed by atoms with E-state index in [2.05, 4.69) is 0 Å². The summed E-state index contributed by atoms with van der Waals surface area (Å²) in [5.74, 6) is -0.205. The lowest BCUT2D eigenvalue weighted by Crippen LogP contribution is -1.64. The summed E-state index contributed by atoms with van der Waals surface area (Å²) in [5.41, 5.74) is 1.10. The normalized spacial score (nSPS) is 12.2. The largest absolute Gasteiger partial charge is 0.207 e. The maximum absolute atomic E-state index is 12.5. The van der Waals surface area contributed by atoms with Crippen LogP contribution < -0.4 is 0 Å². The summed E-state index contributed by atoms with van der Waals surface area (Å²) in [6, 6.07) is 0. The Labute approximate surface area is 61.8 Å². The molecule has 0 bridgehead atoms. The molecule has 0 unspecified atom stereocenters. The monoisotopic (exact) mass is 140 g/mol. The van der Waals surface area contributed by atoms with E-state index in [9.17, 15) is 4.39 Å². The van der Waals surface area contributed by atoms with Gasteiger partial charge in [0.25, 0.3) is 0 Å². The predicted molar refractivity (Wildman–Crippen MR) is 43.4 cm³/mol. The van der Waals surface area contributed by atoms with E-state index in [0.717, 1.165) is 5.57 Å². The Bertz CT molecular complexity index is 169. The molecule has 0 aromatic rings. The van der Waals surface area contributed by atoms with Gasteiger partial charge in [0.1, 0.15) is 5.83 Å². The molecule has 1 heteroatoms. The Morgan fingerprint density at radius 2 is 1.80 bits per heavy atom. The average Bonchev–Trinajstić information content (AvgIpc) is 1.85. The van der Waals surface area contributed by atoms with Crippen LogP contribution >= 0.6 is 0 Å². The summed E-state index contributed by atoms with van der Waals surface area (Å²) in [5, 5.41) is 0. The third kappa shape index (κ3) is 5.29.